The van der Waals surface area contributed by atoms with Gasteiger partial charge in [0.1, 0.15) is 11.5 Å². The second-order valence-electron chi connectivity index (χ2n) is 17.0. The molecule has 0 spiro atoms. The molecule has 0 saturated heterocycles. The first kappa shape index (κ1) is 40.8. The van der Waals surface area contributed by atoms with Gasteiger partial charge in [-0.2, -0.15) is 0 Å². The Labute approximate surface area is 310 Å². The van der Waals surface area contributed by atoms with Crippen molar-refractivity contribution in [2.45, 2.75) is 205 Å². The van der Waals surface area contributed by atoms with Crippen LogP contribution in [0.5, 0.6) is 11.5 Å². The second kappa shape index (κ2) is 24.3. The molecule has 2 aromatic carbocycles. The van der Waals surface area contributed by atoms with Crippen LogP contribution in [-0.4, -0.2) is 14.2 Å². The molecule has 0 amide bonds. The van der Waals surface area contributed by atoms with Gasteiger partial charge in [0.05, 0.1) is 14.2 Å². The highest BCUT2D eigenvalue weighted by molar-refractivity contribution is 5.29. The number of hydrogen-bond donors (Lipinski definition) is 0. The first-order valence-electron chi connectivity index (χ1n) is 21.9. The smallest absolute Gasteiger partial charge is 0.118 e. The molecule has 2 heteroatoms. The summed E-state index contributed by atoms with van der Waals surface area (Å²) in [7, 11) is 3.58. The quantitative estimate of drug-likeness (QED) is 0.301. The SMILES string of the molecule is COc1ccc(CC23CCCCCCCCCCC(Cc4ccc(OC)cc4)(CCCCCCCCCC2)CCCCCCCCCC3)cc1. The normalized spacial score (nSPS) is 25.7. The molecule has 0 unspecified atom stereocenters. The van der Waals surface area contributed by atoms with E-state index in [0.717, 1.165) is 11.5 Å². The summed E-state index contributed by atoms with van der Waals surface area (Å²) in [4.78, 5) is 0. The van der Waals surface area contributed by atoms with Gasteiger partial charge in [0, 0.05) is 0 Å². The van der Waals surface area contributed by atoms with Gasteiger partial charge in [0.15, 0.2) is 0 Å². The van der Waals surface area contributed by atoms with Gasteiger partial charge in [-0.15, -0.1) is 0 Å². The van der Waals surface area contributed by atoms with Gasteiger partial charge in [-0.25, -0.2) is 0 Å². The molecule has 0 heterocycles. The number of methoxy groups -OCH3 is 2. The van der Waals surface area contributed by atoms with Crippen LogP contribution in [0.2, 0.25) is 0 Å². The summed E-state index contributed by atoms with van der Waals surface area (Å²) in [6, 6.07) is 18.2. The standard InChI is InChI=1S/C48H78O2/c1-49-45-31-27-43(28-32-45)41-47-35-21-15-9-3-6-12-18-24-38-48(42-44-29-33-46(50-2)34-30-44,39-25-19-13-7-4-10-16-22-36-47)40-26-20-14-8-5-11-17-23-37-47/h27-34H,3-26,35-42H2,1-2H3. The van der Waals surface area contributed by atoms with Crippen molar-refractivity contribution < 1.29 is 9.47 Å². The summed E-state index contributed by atoms with van der Waals surface area (Å²) in [6.45, 7) is 0. The topological polar surface area (TPSA) is 18.5 Å². The first-order chi connectivity index (χ1) is 24.6. The maximum atomic E-state index is 5.52. The first-order valence-corrected chi connectivity index (χ1v) is 21.9. The van der Waals surface area contributed by atoms with Crippen LogP contribution in [0.25, 0.3) is 0 Å². The van der Waals surface area contributed by atoms with Crippen LogP contribution in [0, 0.1) is 10.8 Å². The summed E-state index contributed by atoms with van der Waals surface area (Å²) in [5, 5.41) is 0. The van der Waals surface area contributed by atoms with E-state index in [0.29, 0.717) is 10.8 Å². The lowest BCUT2D eigenvalue weighted by Crippen LogP contribution is -2.24. The predicted octanol–water partition coefficient (Wildman–Crippen LogP) is 15.2. The molecule has 282 valence electrons. The maximum Gasteiger partial charge on any atom is 0.118 e. The second-order valence-corrected chi connectivity index (χ2v) is 17.0. The molecule has 2 bridgehead atoms. The van der Waals surface area contributed by atoms with E-state index in [2.05, 4.69) is 48.5 Å². The number of benzene rings is 2. The Morgan fingerprint density at radius 2 is 0.520 bits per heavy atom. The van der Waals surface area contributed by atoms with E-state index >= 15 is 0 Å². The van der Waals surface area contributed by atoms with Gasteiger partial charge in [0.25, 0.3) is 0 Å². The van der Waals surface area contributed by atoms with Crippen molar-refractivity contribution >= 4 is 0 Å². The maximum absolute atomic E-state index is 5.52. The summed E-state index contributed by atoms with van der Waals surface area (Å²) in [6.07, 6.45) is 45.3. The number of ether oxygens (including phenoxy) is 2. The Hall–Kier alpha value is -1.96. The van der Waals surface area contributed by atoms with Crippen molar-refractivity contribution in [2.75, 3.05) is 14.2 Å². The molecular formula is C48H78O2. The molecule has 0 aliphatic heterocycles. The van der Waals surface area contributed by atoms with E-state index in [9.17, 15) is 0 Å². The van der Waals surface area contributed by atoms with Crippen LogP contribution >= 0.6 is 0 Å². The van der Waals surface area contributed by atoms with Crippen molar-refractivity contribution in [3.8, 4) is 11.5 Å². The van der Waals surface area contributed by atoms with Crippen LogP contribution in [0.15, 0.2) is 48.5 Å². The van der Waals surface area contributed by atoms with Gasteiger partial charge >= 0.3 is 0 Å². The van der Waals surface area contributed by atoms with E-state index in [4.69, 9.17) is 9.47 Å². The third kappa shape index (κ3) is 15.7. The Bertz CT molecular complexity index is 950. The van der Waals surface area contributed by atoms with E-state index < -0.39 is 0 Å². The van der Waals surface area contributed by atoms with E-state index in [-0.39, 0.29) is 0 Å². The molecular weight excluding hydrogens is 609 g/mol. The molecule has 3 saturated carbocycles. The van der Waals surface area contributed by atoms with Crippen molar-refractivity contribution in [3.05, 3.63) is 59.7 Å². The lowest BCUT2D eigenvalue weighted by atomic mass is 9.70. The Morgan fingerprint density at radius 1 is 0.320 bits per heavy atom. The van der Waals surface area contributed by atoms with E-state index in [1.54, 1.807) is 14.2 Å². The van der Waals surface area contributed by atoms with Gasteiger partial charge in [0.2, 0.25) is 0 Å². The zero-order chi connectivity index (χ0) is 35.0. The molecule has 5 rings (SSSR count). The molecule has 0 radical (unpaired) electrons. The zero-order valence-electron chi connectivity index (χ0n) is 33.1. The van der Waals surface area contributed by atoms with Crippen molar-refractivity contribution in [3.63, 3.8) is 0 Å². The van der Waals surface area contributed by atoms with Crippen molar-refractivity contribution in [1.82, 2.24) is 0 Å². The molecule has 50 heavy (non-hydrogen) atoms. The fourth-order valence-electron chi connectivity index (χ4n) is 9.82. The van der Waals surface area contributed by atoms with Gasteiger partial charge in [-0.3, -0.25) is 0 Å². The summed E-state index contributed by atoms with van der Waals surface area (Å²) in [5.74, 6) is 1.98. The van der Waals surface area contributed by atoms with Crippen LogP contribution in [0.1, 0.15) is 204 Å². The summed E-state index contributed by atoms with van der Waals surface area (Å²) in [5.41, 5.74) is 4.00. The number of rotatable bonds is 6. The molecule has 3 fully saturated rings. The summed E-state index contributed by atoms with van der Waals surface area (Å²) < 4.78 is 11.0. The van der Waals surface area contributed by atoms with Gasteiger partial charge < -0.3 is 9.47 Å². The van der Waals surface area contributed by atoms with Gasteiger partial charge in [-0.05, 0) is 97.6 Å². The summed E-state index contributed by atoms with van der Waals surface area (Å²) >= 11 is 0. The number of fused-ring (bicyclic) bond motifs is 27. The number of hydrogen-bond acceptors (Lipinski definition) is 2. The lowest BCUT2D eigenvalue weighted by molar-refractivity contribution is 0.190. The van der Waals surface area contributed by atoms with Crippen molar-refractivity contribution in [2.24, 2.45) is 10.8 Å². The molecule has 0 atom stereocenters. The molecule has 0 N–H and O–H groups in total. The highest BCUT2D eigenvalue weighted by Gasteiger charge is 2.30. The highest BCUT2D eigenvalue weighted by Crippen LogP contribution is 2.43. The molecule has 0 aromatic heterocycles. The van der Waals surface area contributed by atoms with Crippen LogP contribution in [-0.2, 0) is 12.8 Å². The Balaban J connectivity index is 1.47. The van der Waals surface area contributed by atoms with Crippen LogP contribution in [0.3, 0.4) is 0 Å². The molecule has 3 aliphatic carbocycles. The van der Waals surface area contributed by atoms with Crippen molar-refractivity contribution in [1.29, 1.82) is 0 Å². The monoisotopic (exact) mass is 687 g/mol. The Morgan fingerprint density at radius 3 is 0.720 bits per heavy atom. The Kier molecular flexibility index (Phi) is 19.8. The zero-order valence-corrected chi connectivity index (χ0v) is 33.1. The minimum Gasteiger partial charge on any atom is -0.497 e. The average Bonchev–Trinajstić information content (AvgIpc) is 3.14. The third-order valence-corrected chi connectivity index (χ3v) is 13.0. The largest absolute Gasteiger partial charge is 0.497 e. The highest BCUT2D eigenvalue weighted by atomic mass is 16.5. The van der Waals surface area contributed by atoms with E-state index in [1.807, 2.05) is 0 Å². The van der Waals surface area contributed by atoms with E-state index in [1.165, 1.54) is 217 Å². The minimum atomic E-state index is 0.473. The molecule has 2 nitrogen and oxygen atoms in total. The fraction of sp³-hybridized carbons (Fsp3) is 0.750. The van der Waals surface area contributed by atoms with Gasteiger partial charge in [-0.1, -0.05) is 178 Å². The average molecular weight is 687 g/mol. The van der Waals surface area contributed by atoms with Crippen LogP contribution in [0.4, 0.5) is 0 Å². The van der Waals surface area contributed by atoms with Crippen LogP contribution < -0.4 is 9.47 Å². The molecule has 2 aromatic rings. The lowest BCUT2D eigenvalue weighted by Gasteiger charge is -2.35. The molecule has 3 aliphatic rings. The third-order valence-electron chi connectivity index (χ3n) is 13.0. The predicted molar refractivity (Wildman–Crippen MR) is 217 cm³/mol. The minimum absolute atomic E-state index is 0.473. The fourth-order valence-corrected chi connectivity index (χ4v) is 9.82.